The van der Waals surface area contributed by atoms with Crippen LogP contribution in [0.4, 0.5) is 0 Å². The molecule has 160 valence electrons. The number of carbonyl (C=O) groups is 2. The van der Waals surface area contributed by atoms with Crippen molar-refractivity contribution >= 4 is 23.6 Å². The molecule has 0 N–H and O–H groups in total. The van der Waals surface area contributed by atoms with Crippen molar-refractivity contribution in [3.8, 4) is 5.75 Å². The highest BCUT2D eigenvalue weighted by molar-refractivity contribution is 8.00. The van der Waals surface area contributed by atoms with Crippen molar-refractivity contribution < 1.29 is 14.3 Å². The number of hydrogen-bond acceptors (Lipinski definition) is 4. The zero-order chi connectivity index (χ0) is 20.9. The average Bonchev–Trinajstić information content (AvgIpc) is 3.11. The van der Waals surface area contributed by atoms with Crippen molar-refractivity contribution in [2.75, 3.05) is 32.0 Å². The van der Waals surface area contributed by atoms with Gasteiger partial charge in [0.25, 0.3) is 5.91 Å². The number of piperidine rings is 1. The number of ether oxygens (including phenoxy) is 1. The summed E-state index contributed by atoms with van der Waals surface area (Å²) in [6, 6.07) is 7.48. The summed E-state index contributed by atoms with van der Waals surface area (Å²) < 4.78 is 5.69. The van der Waals surface area contributed by atoms with Crippen LogP contribution >= 0.6 is 11.8 Å². The quantitative estimate of drug-likeness (QED) is 0.615. The Hall–Kier alpha value is -1.69. The molecular formula is C23H34N2O3S. The van der Waals surface area contributed by atoms with Crippen LogP contribution in [-0.2, 0) is 4.79 Å². The number of amides is 2. The van der Waals surface area contributed by atoms with Gasteiger partial charge in [-0.15, -0.1) is 11.8 Å². The van der Waals surface area contributed by atoms with Crippen molar-refractivity contribution in [1.82, 2.24) is 9.80 Å². The smallest absolute Gasteiger partial charge is 0.253 e. The van der Waals surface area contributed by atoms with Crippen LogP contribution in [0.5, 0.6) is 5.75 Å². The predicted octanol–water partition coefficient (Wildman–Crippen LogP) is 4.42. The molecule has 0 unspecified atom stereocenters. The van der Waals surface area contributed by atoms with Crippen molar-refractivity contribution in [2.45, 2.75) is 57.7 Å². The first-order chi connectivity index (χ1) is 13.9. The molecule has 1 spiro atoms. The van der Waals surface area contributed by atoms with E-state index in [2.05, 4.69) is 25.7 Å². The SMILES string of the molecule is CCCCOc1ccc(C(=O)N2CCC3(CC2)SCCN3C(=O)CC(C)C)cc1. The van der Waals surface area contributed by atoms with Gasteiger partial charge in [0.15, 0.2) is 0 Å². The summed E-state index contributed by atoms with van der Waals surface area (Å²) in [6.07, 6.45) is 4.45. The van der Waals surface area contributed by atoms with E-state index >= 15 is 0 Å². The Morgan fingerprint density at radius 2 is 1.83 bits per heavy atom. The predicted molar refractivity (Wildman–Crippen MR) is 118 cm³/mol. The van der Waals surface area contributed by atoms with Crippen molar-refractivity contribution in [3.05, 3.63) is 29.8 Å². The molecule has 3 rings (SSSR count). The van der Waals surface area contributed by atoms with Crippen LogP contribution in [0.3, 0.4) is 0 Å². The molecule has 29 heavy (non-hydrogen) atoms. The fourth-order valence-corrected chi connectivity index (χ4v) is 5.58. The van der Waals surface area contributed by atoms with Gasteiger partial charge in [0.1, 0.15) is 5.75 Å². The van der Waals surface area contributed by atoms with E-state index in [9.17, 15) is 9.59 Å². The van der Waals surface area contributed by atoms with Crippen LogP contribution in [0.1, 0.15) is 63.2 Å². The summed E-state index contributed by atoms with van der Waals surface area (Å²) in [5.74, 6) is 2.53. The van der Waals surface area contributed by atoms with Crippen LogP contribution in [0, 0.1) is 5.92 Å². The molecule has 2 aliphatic rings. The topological polar surface area (TPSA) is 49.9 Å². The van der Waals surface area contributed by atoms with E-state index in [4.69, 9.17) is 4.74 Å². The van der Waals surface area contributed by atoms with Crippen molar-refractivity contribution in [3.63, 3.8) is 0 Å². The van der Waals surface area contributed by atoms with Crippen LogP contribution in [0.15, 0.2) is 24.3 Å². The monoisotopic (exact) mass is 418 g/mol. The molecule has 2 amide bonds. The highest BCUT2D eigenvalue weighted by atomic mass is 32.2. The van der Waals surface area contributed by atoms with Gasteiger partial charge < -0.3 is 14.5 Å². The third-order valence-electron chi connectivity index (χ3n) is 5.76. The van der Waals surface area contributed by atoms with Crippen LogP contribution < -0.4 is 4.74 Å². The second-order valence-electron chi connectivity index (χ2n) is 8.46. The Balaban J connectivity index is 1.57. The first kappa shape index (κ1) is 22.0. The van der Waals surface area contributed by atoms with Gasteiger partial charge in [-0.25, -0.2) is 0 Å². The van der Waals surface area contributed by atoms with Crippen molar-refractivity contribution in [1.29, 1.82) is 0 Å². The molecule has 2 aliphatic heterocycles. The molecule has 0 atom stereocenters. The summed E-state index contributed by atoms with van der Waals surface area (Å²) in [5, 5.41) is 0. The molecule has 0 aromatic heterocycles. The fourth-order valence-electron chi connectivity index (χ4n) is 4.10. The maximum atomic E-state index is 12.9. The lowest BCUT2D eigenvalue weighted by molar-refractivity contribution is -0.135. The molecule has 2 fully saturated rings. The Labute approximate surface area is 179 Å². The maximum absolute atomic E-state index is 12.9. The summed E-state index contributed by atoms with van der Waals surface area (Å²) in [4.78, 5) is 29.6. The number of hydrogen-bond donors (Lipinski definition) is 0. The van der Waals surface area contributed by atoms with E-state index in [1.807, 2.05) is 40.9 Å². The van der Waals surface area contributed by atoms with Gasteiger partial charge in [-0.05, 0) is 49.4 Å². The summed E-state index contributed by atoms with van der Waals surface area (Å²) in [7, 11) is 0. The molecule has 0 bridgehead atoms. The third kappa shape index (κ3) is 5.27. The highest BCUT2D eigenvalue weighted by Crippen LogP contribution is 2.44. The number of nitrogens with zero attached hydrogens (tertiary/aromatic N) is 2. The fraction of sp³-hybridized carbons (Fsp3) is 0.652. The van der Waals surface area contributed by atoms with Gasteiger partial charge in [0, 0.05) is 37.4 Å². The van der Waals surface area contributed by atoms with Crippen molar-refractivity contribution in [2.24, 2.45) is 5.92 Å². The molecule has 0 saturated carbocycles. The normalized spacial score (nSPS) is 18.5. The molecule has 2 heterocycles. The van der Waals surface area contributed by atoms with E-state index in [0.717, 1.165) is 43.7 Å². The van der Waals surface area contributed by atoms with E-state index in [0.29, 0.717) is 37.6 Å². The van der Waals surface area contributed by atoms with E-state index in [-0.39, 0.29) is 16.7 Å². The molecule has 5 nitrogen and oxygen atoms in total. The molecule has 0 aliphatic carbocycles. The lowest BCUT2D eigenvalue weighted by Crippen LogP contribution is -2.53. The Kier molecular flexibility index (Phi) is 7.49. The summed E-state index contributed by atoms with van der Waals surface area (Å²) in [5.41, 5.74) is 0.704. The molecule has 1 aromatic rings. The van der Waals surface area contributed by atoms with Gasteiger partial charge in [0.2, 0.25) is 5.91 Å². The number of unbranched alkanes of at least 4 members (excludes halogenated alkanes) is 1. The van der Waals surface area contributed by atoms with Gasteiger partial charge >= 0.3 is 0 Å². The molecule has 1 aromatic carbocycles. The van der Waals surface area contributed by atoms with Gasteiger partial charge in [-0.1, -0.05) is 27.2 Å². The largest absolute Gasteiger partial charge is 0.494 e. The second kappa shape index (κ2) is 9.88. The van der Waals surface area contributed by atoms with E-state index in [1.54, 1.807) is 0 Å². The standard InChI is InChI=1S/C23H34N2O3S/c1-4-5-15-28-20-8-6-19(7-9-20)22(27)24-12-10-23(11-13-24)25(14-16-29-23)21(26)17-18(2)3/h6-9,18H,4-5,10-17H2,1-3H3. The number of rotatable bonds is 7. The summed E-state index contributed by atoms with van der Waals surface area (Å²) >= 11 is 1.90. The lowest BCUT2D eigenvalue weighted by atomic mass is 9.99. The number of carbonyl (C=O) groups excluding carboxylic acids is 2. The first-order valence-electron chi connectivity index (χ1n) is 10.9. The molecule has 6 heteroatoms. The summed E-state index contributed by atoms with van der Waals surface area (Å²) in [6.45, 7) is 9.27. The lowest BCUT2D eigenvalue weighted by Gasteiger charge is -2.44. The minimum absolute atomic E-state index is 0.0722. The maximum Gasteiger partial charge on any atom is 0.253 e. The first-order valence-corrected chi connectivity index (χ1v) is 11.9. The van der Waals surface area contributed by atoms with E-state index in [1.165, 1.54) is 0 Å². The third-order valence-corrected chi connectivity index (χ3v) is 7.31. The molecule has 2 saturated heterocycles. The second-order valence-corrected chi connectivity index (χ2v) is 9.91. The van der Waals surface area contributed by atoms with Gasteiger partial charge in [0.05, 0.1) is 11.5 Å². The van der Waals surface area contributed by atoms with Gasteiger partial charge in [-0.3, -0.25) is 9.59 Å². The highest BCUT2D eigenvalue weighted by Gasteiger charge is 2.46. The molecular weight excluding hydrogens is 384 g/mol. The number of benzene rings is 1. The number of likely N-dealkylation sites (tertiary alicyclic amines) is 1. The van der Waals surface area contributed by atoms with Crippen LogP contribution in [-0.4, -0.2) is 58.5 Å². The Morgan fingerprint density at radius 3 is 2.45 bits per heavy atom. The Morgan fingerprint density at radius 1 is 1.14 bits per heavy atom. The number of thioether (sulfide) groups is 1. The minimum atomic E-state index is -0.111. The zero-order valence-corrected chi connectivity index (χ0v) is 18.8. The van der Waals surface area contributed by atoms with Crippen LogP contribution in [0.25, 0.3) is 0 Å². The minimum Gasteiger partial charge on any atom is -0.494 e. The zero-order valence-electron chi connectivity index (χ0n) is 18.0. The van der Waals surface area contributed by atoms with E-state index < -0.39 is 0 Å². The molecule has 0 radical (unpaired) electrons. The Bertz CT molecular complexity index is 697. The van der Waals surface area contributed by atoms with Gasteiger partial charge in [-0.2, -0.15) is 0 Å². The van der Waals surface area contributed by atoms with Crippen LogP contribution in [0.2, 0.25) is 0 Å². The average molecular weight is 419 g/mol.